The number of ether oxygens (including phenoxy) is 1. The van der Waals surface area contributed by atoms with Crippen molar-refractivity contribution in [2.75, 3.05) is 20.3 Å². The summed E-state index contributed by atoms with van der Waals surface area (Å²) >= 11 is 0. The van der Waals surface area contributed by atoms with E-state index in [4.69, 9.17) is 9.57 Å². The van der Waals surface area contributed by atoms with Crippen LogP contribution in [0.5, 0.6) is 5.75 Å². The van der Waals surface area contributed by atoms with Crippen molar-refractivity contribution < 1.29 is 15.1 Å². The normalized spacial score (nSPS) is 10.4. The van der Waals surface area contributed by atoms with Gasteiger partial charge in [-0.25, -0.2) is 10.3 Å². The molecule has 0 aromatic heterocycles. The number of nitrogens with two attached hydrogens (primary N) is 1. The smallest absolute Gasteiger partial charge is 0.119 e. The van der Waals surface area contributed by atoms with E-state index >= 15 is 0 Å². The van der Waals surface area contributed by atoms with Gasteiger partial charge < -0.3 is 4.74 Å². The predicted molar refractivity (Wildman–Crippen MR) is 64.4 cm³/mol. The summed E-state index contributed by atoms with van der Waals surface area (Å²) in [5, 5.41) is 0. The molecule has 1 rings (SSSR count). The Labute approximate surface area is 97.7 Å². The van der Waals surface area contributed by atoms with E-state index in [0.29, 0.717) is 0 Å². The summed E-state index contributed by atoms with van der Waals surface area (Å²) in [4.78, 5) is 4.90. The molecule has 0 aliphatic carbocycles. The number of hydrogen-bond acceptors (Lipinski definition) is 2. The number of hydroxylamine groups is 1. The monoisotopic (exact) mass is 224 g/mol. The number of benzene rings is 1. The SMILES string of the molecule is CCCCOc1ccc(CC[NH2+]OC)cc1. The van der Waals surface area contributed by atoms with E-state index < -0.39 is 0 Å². The summed E-state index contributed by atoms with van der Waals surface area (Å²) in [5.41, 5.74) is 3.14. The maximum atomic E-state index is 5.59. The molecule has 3 heteroatoms. The molecule has 0 spiro atoms. The van der Waals surface area contributed by atoms with Crippen LogP contribution in [0.15, 0.2) is 24.3 Å². The Morgan fingerprint density at radius 2 is 1.94 bits per heavy atom. The lowest BCUT2D eigenvalue weighted by atomic mass is 10.1. The van der Waals surface area contributed by atoms with Crippen LogP contribution in [0.25, 0.3) is 0 Å². The Bertz CT molecular complexity index is 243. The van der Waals surface area contributed by atoms with Crippen molar-refractivity contribution in [3.05, 3.63) is 29.8 Å². The van der Waals surface area contributed by atoms with Crippen LogP contribution >= 0.6 is 0 Å². The Balaban J connectivity index is 2.30. The van der Waals surface area contributed by atoms with Crippen LogP contribution in [0.4, 0.5) is 0 Å². The molecule has 0 fully saturated rings. The maximum absolute atomic E-state index is 5.59. The lowest BCUT2D eigenvalue weighted by Gasteiger charge is -2.06. The molecule has 16 heavy (non-hydrogen) atoms. The fourth-order valence-electron chi connectivity index (χ4n) is 1.43. The first-order chi connectivity index (χ1) is 7.86. The summed E-state index contributed by atoms with van der Waals surface area (Å²) < 4.78 is 5.59. The first-order valence-corrected chi connectivity index (χ1v) is 5.93. The molecule has 0 heterocycles. The second-order valence-corrected chi connectivity index (χ2v) is 3.79. The number of unbranched alkanes of at least 4 members (excludes halogenated alkanes) is 1. The van der Waals surface area contributed by atoms with Gasteiger partial charge in [0.2, 0.25) is 0 Å². The van der Waals surface area contributed by atoms with Gasteiger partial charge in [0, 0.05) is 6.42 Å². The van der Waals surface area contributed by atoms with E-state index in [1.807, 2.05) is 17.6 Å². The second kappa shape index (κ2) is 8.13. The van der Waals surface area contributed by atoms with Gasteiger partial charge in [-0.05, 0) is 24.1 Å². The molecule has 0 radical (unpaired) electrons. The van der Waals surface area contributed by atoms with Crippen molar-refractivity contribution in [1.82, 2.24) is 0 Å². The standard InChI is InChI=1S/C13H21NO2/c1-3-4-11-16-13-7-5-12(6-8-13)9-10-14-15-2/h5-8,14H,3-4,9-11H2,1-2H3/p+1. The molecule has 0 aliphatic rings. The van der Waals surface area contributed by atoms with Crippen LogP contribution in [-0.4, -0.2) is 20.3 Å². The van der Waals surface area contributed by atoms with E-state index in [1.54, 1.807) is 7.11 Å². The third-order valence-electron chi connectivity index (χ3n) is 2.41. The molecule has 2 N–H and O–H groups in total. The molecule has 1 aromatic carbocycles. The largest absolute Gasteiger partial charge is 0.494 e. The third-order valence-corrected chi connectivity index (χ3v) is 2.41. The van der Waals surface area contributed by atoms with Crippen molar-refractivity contribution in [3.8, 4) is 5.75 Å². The minimum absolute atomic E-state index is 0.813. The molecular weight excluding hydrogens is 202 g/mol. The average molecular weight is 224 g/mol. The van der Waals surface area contributed by atoms with Crippen molar-refractivity contribution >= 4 is 0 Å². The summed E-state index contributed by atoms with van der Waals surface area (Å²) in [5.74, 6) is 0.966. The highest BCUT2D eigenvalue weighted by Crippen LogP contribution is 2.12. The van der Waals surface area contributed by atoms with Gasteiger partial charge in [-0.1, -0.05) is 25.5 Å². The molecule has 0 amide bonds. The minimum Gasteiger partial charge on any atom is -0.494 e. The fraction of sp³-hybridized carbons (Fsp3) is 0.538. The zero-order chi connectivity index (χ0) is 11.6. The van der Waals surface area contributed by atoms with E-state index in [2.05, 4.69) is 19.1 Å². The highest BCUT2D eigenvalue weighted by Gasteiger charge is 1.97. The predicted octanol–water partition coefficient (Wildman–Crippen LogP) is 1.53. The average Bonchev–Trinajstić information content (AvgIpc) is 2.32. The van der Waals surface area contributed by atoms with Gasteiger partial charge in [0.25, 0.3) is 0 Å². The van der Waals surface area contributed by atoms with Crippen LogP contribution in [0, 0.1) is 0 Å². The van der Waals surface area contributed by atoms with Crippen molar-refractivity contribution in [2.24, 2.45) is 0 Å². The van der Waals surface area contributed by atoms with Gasteiger partial charge in [0.05, 0.1) is 13.7 Å². The lowest BCUT2D eigenvalue weighted by Crippen LogP contribution is -2.82. The minimum atomic E-state index is 0.813. The summed E-state index contributed by atoms with van der Waals surface area (Å²) in [7, 11) is 1.69. The van der Waals surface area contributed by atoms with Gasteiger partial charge in [-0.3, -0.25) is 0 Å². The topological polar surface area (TPSA) is 35.1 Å². The van der Waals surface area contributed by atoms with Crippen LogP contribution < -0.4 is 10.2 Å². The number of quaternary nitrogens is 1. The second-order valence-electron chi connectivity index (χ2n) is 3.79. The zero-order valence-corrected chi connectivity index (χ0v) is 10.2. The van der Waals surface area contributed by atoms with Gasteiger partial charge in [0.15, 0.2) is 0 Å². The molecule has 0 saturated heterocycles. The Morgan fingerprint density at radius 3 is 2.56 bits per heavy atom. The van der Waals surface area contributed by atoms with Crippen LogP contribution in [0.2, 0.25) is 0 Å². The van der Waals surface area contributed by atoms with Gasteiger partial charge >= 0.3 is 0 Å². The molecule has 3 nitrogen and oxygen atoms in total. The first kappa shape index (κ1) is 13.0. The Kier molecular flexibility index (Phi) is 6.61. The van der Waals surface area contributed by atoms with Crippen molar-refractivity contribution in [2.45, 2.75) is 26.2 Å². The van der Waals surface area contributed by atoms with E-state index in [0.717, 1.165) is 31.7 Å². The van der Waals surface area contributed by atoms with Crippen molar-refractivity contribution in [3.63, 3.8) is 0 Å². The van der Waals surface area contributed by atoms with E-state index in [1.165, 1.54) is 12.0 Å². The summed E-state index contributed by atoms with van der Waals surface area (Å²) in [6.07, 6.45) is 3.30. The molecule has 0 aliphatic heterocycles. The van der Waals surface area contributed by atoms with Gasteiger partial charge in [-0.15, -0.1) is 0 Å². The molecule has 0 saturated carbocycles. The number of rotatable bonds is 8. The van der Waals surface area contributed by atoms with Gasteiger partial charge in [0.1, 0.15) is 12.3 Å². The third kappa shape index (κ3) is 5.14. The van der Waals surface area contributed by atoms with Gasteiger partial charge in [-0.2, -0.15) is 0 Å². The molecule has 0 unspecified atom stereocenters. The molecule has 90 valence electrons. The highest BCUT2D eigenvalue weighted by molar-refractivity contribution is 5.27. The Morgan fingerprint density at radius 1 is 1.19 bits per heavy atom. The van der Waals surface area contributed by atoms with Crippen molar-refractivity contribution in [1.29, 1.82) is 0 Å². The number of hydrogen-bond donors (Lipinski definition) is 1. The molecule has 0 atom stereocenters. The summed E-state index contributed by atoms with van der Waals surface area (Å²) in [6, 6.07) is 8.31. The zero-order valence-electron chi connectivity index (χ0n) is 10.2. The fourth-order valence-corrected chi connectivity index (χ4v) is 1.43. The molecule has 1 aromatic rings. The van der Waals surface area contributed by atoms with Crippen LogP contribution in [0.3, 0.4) is 0 Å². The first-order valence-electron chi connectivity index (χ1n) is 5.93. The van der Waals surface area contributed by atoms with E-state index in [-0.39, 0.29) is 0 Å². The molecular formula is C13H22NO2+. The highest BCUT2D eigenvalue weighted by atomic mass is 16.6. The van der Waals surface area contributed by atoms with Crippen LogP contribution in [-0.2, 0) is 11.3 Å². The lowest BCUT2D eigenvalue weighted by molar-refractivity contribution is -0.889. The molecule has 0 bridgehead atoms. The maximum Gasteiger partial charge on any atom is 0.119 e. The summed E-state index contributed by atoms with van der Waals surface area (Å²) in [6.45, 7) is 3.93. The van der Waals surface area contributed by atoms with Crippen LogP contribution in [0.1, 0.15) is 25.3 Å². The Hall–Kier alpha value is -1.06. The van der Waals surface area contributed by atoms with E-state index in [9.17, 15) is 0 Å². The quantitative estimate of drug-likeness (QED) is 0.537.